The molecule has 1 aromatic carbocycles. The predicted octanol–water partition coefficient (Wildman–Crippen LogP) is 3.61. The molecule has 0 spiro atoms. The zero-order valence-electron chi connectivity index (χ0n) is 16.9. The monoisotopic (exact) mass is 408 g/mol. The Labute approximate surface area is 174 Å². The third kappa shape index (κ3) is 4.74. The standard InChI is InChI=1S/C22H24N4O2S/c1-5-25(13-15(2)3)20(27)14-29-22-24-18-9-7-6-8-17(18)21(28)26(22)19-11-10-16(4)12-23-19/h6-12H,2,5,13-14H2,1,3-4H3. The van der Waals surface area contributed by atoms with Gasteiger partial charge in [-0.25, -0.2) is 14.5 Å². The Hall–Kier alpha value is -2.93. The van der Waals surface area contributed by atoms with Gasteiger partial charge in [-0.2, -0.15) is 0 Å². The Morgan fingerprint density at radius 2 is 2.00 bits per heavy atom. The fraction of sp³-hybridized carbons (Fsp3) is 0.273. The van der Waals surface area contributed by atoms with Crippen molar-refractivity contribution in [2.75, 3.05) is 18.8 Å². The minimum atomic E-state index is -0.198. The molecule has 3 aromatic rings. The van der Waals surface area contributed by atoms with Crippen LogP contribution in [0.15, 0.2) is 64.7 Å². The van der Waals surface area contributed by atoms with Crippen LogP contribution in [0.25, 0.3) is 16.7 Å². The summed E-state index contributed by atoms with van der Waals surface area (Å²) in [5.74, 6) is 0.645. The van der Waals surface area contributed by atoms with Crippen LogP contribution < -0.4 is 5.56 Å². The summed E-state index contributed by atoms with van der Waals surface area (Å²) in [5, 5.41) is 0.966. The van der Waals surface area contributed by atoms with Gasteiger partial charge < -0.3 is 4.90 Å². The van der Waals surface area contributed by atoms with Crippen molar-refractivity contribution in [2.45, 2.75) is 25.9 Å². The van der Waals surface area contributed by atoms with E-state index in [1.54, 1.807) is 29.3 Å². The molecule has 0 radical (unpaired) electrons. The van der Waals surface area contributed by atoms with Crippen molar-refractivity contribution >= 4 is 28.6 Å². The number of hydrogen-bond acceptors (Lipinski definition) is 5. The third-order valence-electron chi connectivity index (χ3n) is 4.39. The number of pyridine rings is 1. The normalized spacial score (nSPS) is 10.9. The summed E-state index contributed by atoms with van der Waals surface area (Å²) in [6, 6.07) is 10.9. The molecule has 0 aliphatic carbocycles. The van der Waals surface area contributed by atoms with Crippen LogP contribution in [0.5, 0.6) is 0 Å². The average Bonchev–Trinajstić information content (AvgIpc) is 2.71. The molecule has 0 fully saturated rings. The highest BCUT2D eigenvalue weighted by molar-refractivity contribution is 7.99. The Kier molecular flexibility index (Phi) is 6.49. The fourth-order valence-electron chi connectivity index (χ4n) is 2.92. The van der Waals surface area contributed by atoms with Gasteiger partial charge in [0.05, 0.1) is 16.7 Å². The summed E-state index contributed by atoms with van der Waals surface area (Å²) in [6.07, 6.45) is 1.71. The number of benzene rings is 1. The van der Waals surface area contributed by atoms with E-state index in [1.165, 1.54) is 16.3 Å². The minimum Gasteiger partial charge on any atom is -0.338 e. The molecule has 2 heterocycles. The number of likely N-dealkylation sites (N-methyl/N-ethyl adjacent to an activating group) is 1. The summed E-state index contributed by atoms with van der Waals surface area (Å²) < 4.78 is 1.48. The number of amides is 1. The first-order valence-electron chi connectivity index (χ1n) is 9.40. The molecule has 0 atom stereocenters. The predicted molar refractivity (Wildman–Crippen MR) is 118 cm³/mol. The van der Waals surface area contributed by atoms with Crippen LogP contribution in [0.3, 0.4) is 0 Å². The molecule has 29 heavy (non-hydrogen) atoms. The van der Waals surface area contributed by atoms with E-state index in [0.29, 0.717) is 35.0 Å². The second-order valence-corrected chi connectivity index (χ2v) is 7.84. The number of para-hydroxylation sites is 1. The number of hydrogen-bond donors (Lipinski definition) is 0. The first-order chi connectivity index (χ1) is 13.9. The van der Waals surface area contributed by atoms with Gasteiger partial charge in [0.2, 0.25) is 5.91 Å². The second-order valence-electron chi connectivity index (χ2n) is 6.90. The molecule has 7 heteroatoms. The second kappa shape index (κ2) is 9.05. The first-order valence-corrected chi connectivity index (χ1v) is 10.4. The molecule has 0 aliphatic rings. The van der Waals surface area contributed by atoms with E-state index in [-0.39, 0.29) is 17.2 Å². The van der Waals surface area contributed by atoms with E-state index < -0.39 is 0 Å². The van der Waals surface area contributed by atoms with Gasteiger partial charge in [0, 0.05) is 19.3 Å². The maximum absolute atomic E-state index is 13.2. The fourth-order valence-corrected chi connectivity index (χ4v) is 3.83. The van der Waals surface area contributed by atoms with E-state index >= 15 is 0 Å². The number of aryl methyl sites for hydroxylation is 1. The molecule has 2 aromatic heterocycles. The number of thioether (sulfide) groups is 1. The van der Waals surface area contributed by atoms with Crippen molar-refractivity contribution in [2.24, 2.45) is 0 Å². The number of fused-ring (bicyclic) bond motifs is 1. The van der Waals surface area contributed by atoms with Crippen LogP contribution in [0.2, 0.25) is 0 Å². The Bertz CT molecular complexity index is 1110. The number of nitrogens with zero attached hydrogens (tertiary/aromatic N) is 4. The SMILES string of the molecule is C=C(C)CN(CC)C(=O)CSc1nc2ccccc2c(=O)n1-c1ccc(C)cn1. The summed E-state index contributed by atoms with van der Waals surface area (Å²) in [4.78, 5) is 36.6. The molecule has 6 nitrogen and oxygen atoms in total. The number of rotatable bonds is 7. The lowest BCUT2D eigenvalue weighted by Crippen LogP contribution is -2.33. The highest BCUT2D eigenvalue weighted by Gasteiger charge is 2.17. The van der Waals surface area contributed by atoms with Crippen molar-refractivity contribution in [1.29, 1.82) is 0 Å². The first kappa shape index (κ1) is 20.8. The van der Waals surface area contributed by atoms with Gasteiger partial charge in [-0.05, 0) is 44.5 Å². The number of carbonyl (C=O) groups is 1. The molecule has 0 saturated carbocycles. The van der Waals surface area contributed by atoms with Gasteiger partial charge >= 0.3 is 0 Å². The Morgan fingerprint density at radius 1 is 1.24 bits per heavy atom. The molecule has 3 rings (SSSR count). The molecule has 150 valence electrons. The summed E-state index contributed by atoms with van der Waals surface area (Å²) >= 11 is 1.24. The largest absolute Gasteiger partial charge is 0.338 e. The van der Waals surface area contributed by atoms with Gasteiger partial charge in [-0.15, -0.1) is 0 Å². The number of aromatic nitrogens is 3. The van der Waals surface area contributed by atoms with Crippen molar-refractivity contribution in [1.82, 2.24) is 19.4 Å². The van der Waals surface area contributed by atoms with Gasteiger partial charge in [-0.3, -0.25) is 9.59 Å². The molecule has 0 saturated heterocycles. The topological polar surface area (TPSA) is 68.1 Å². The van der Waals surface area contributed by atoms with Crippen LogP contribution in [0, 0.1) is 6.92 Å². The van der Waals surface area contributed by atoms with Crippen molar-refractivity contribution in [3.05, 3.63) is 70.7 Å². The van der Waals surface area contributed by atoms with E-state index in [0.717, 1.165) is 11.1 Å². The van der Waals surface area contributed by atoms with E-state index in [1.807, 2.05) is 39.0 Å². The molecular formula is C22H24N4O2S. The molecule has 0 unspecified atom stereocenters. The van der Waals surface area contributed by atoms with Crippen LogP contribution in [0.4, 0.5) is 0 Å². The third-order valence-corrected chi connectivity index (χ3v) is 5.31. The van der Waals surface area contributed by atoms with Crippen LogP contribution >= 0.6 is 11.8 Å². The van der Waals surface area contributed by atoms with Crippen LogP contribution in [-0.2, 0) is 4.79 Å². The molecule has 0 N–H and O–H groups in total. The van der Waals surface area contributed by atoms with Gasteiger partial charge in [0.15, 0.2) is 5.16 Å². The molecule has 1 amide bonds. The lowest BCUT2D eigenvalue weighted by molar-refractivity contribution is -0.127. The van der Waals surface area contributed by atoms with Crippen molar-refractivity contribution < 1.29 is 4.79 Å². The quantitative estimate of drug-likeness (QED) is 0.339. The zero-order valence-corrected chi connectivity index (χ0v) is 17.7. The average molecular weight is 409 g/mol. The lowest BCUT2D eigenvalue weighted by Gasteiger charge is -2.21. The smallest absolute Gasteiger partial charge is 0.267 e. The molecule has 0 bridgehead atoms. The minimum absolute atomic E-state index is 0.0219. The summed E-state index contributed by atoms with van der Waals surface area (Å²) in [7, 11) is 0. The zero-order chi connectivity index (χ0) is 21.0. The Balaban J connectivity index is 2.01. The number of carbonyl (C=O) groups excluding carboxylic acids is 1. The van der Waals surface area contributed by atoms with E-state index in [2.05, 4.69) is 16.5 Å². The lowest BCUT2D eigenvalue weighted by atomic mass is 10.2. The van der Waals surface area contributed by atoms with Crippen LogP contribution in [0.1, 0.15) is 19.4 Å². The summed E-state index contributed by atoms with van der Waals surface area (Å²) in [6.45, 7) is 10.8. The van der Waals surface area contributed by atoms with Gasteiger partial charge in [0.1, 0.15) is 5.82 Å². The molecule has 0 aliphatic heterocycles. The van der Waals surface area contributed by atoms with Crippen molar-refractivity contribution in [3.8, 4) is 5.82 Å². The van der Waals surface area contributed by atoms with Gasteiger partial charge in [-0.1, -0.05) is 42.1 Å². The maximum Gasteiger partial charge on any atom is 0.267 e. The van der Waals surface area contributed by atoms with Gasteiger partial charge in [0.25, 0.3) is 5.56 Å². The van der Waals surface area contributed by atoms with Crippen molar-refractivity contribution in [3.63, 3.8) is 0 Å². The highest BCUT2D eigenvalue weighted by atomic mass is 32.2. The van der Waals surface area contributed by atoms with Crippen LogP contribution in [-0.4, -0.2) is 44.2 Å². The van der Waals surface area contributed by atoms with E-state index in [4.69, 9.17) is 0 Å². The Morgan fingerprint density at radius 3 is 2.66 bits per heavy atom. The molecular weight excluding hydrogens is 384 g/mol. The highest BCUT2D eigenvalue weighted by Crippen LogP contribution is 2.21. The maximum atomic E-state index is 13.2. The van der Waals surface area contributed by atoms with E-state index in [9.17, 15) is 9.59 Å². The summed E-state index contributed by atoms with van der Waals surface area (Å²) in [5.41, 5.74) is 2.33.